The van der Waals surface area contributed by atoms with Crippen molar-refractivity contribution in [2.24, 2.45) is 0 Å². The highest BCUT2D eigenvalue weighted by molar-refractivity contribution is 5.79. The fourth-order valence-electron chi connectivity index (χ4n) is 3.57. The number of nitrogens with zero attached hydrogens (tertiary/aromatic N) is 2. The van der Waals surface area contributed by atoms with Crippen LogP contribution in [0.15, 0.2) is 29.1 Å². The van der Waals surface area contributed by atoms with Gasteiger partial charge in [0.05, 0.1) is 5.52 Å². The Balaban J connectivity index is 1.58. The molecule has 0 radical (unpaired) electrons. The molecular weight excluding hydrogens is 380 g/mol. The molecule has 0 unspecified atom stereocenters. The number of nitrogens with one attached hydrogen (secondary N) is 1. The number of benzene rings is 1. The smallest absolute Gasteiger partial charge is 0.407 e. The average molecular weight is 407 g/mol. The van der Waals surface area contributed by atoms with E-state index in [-0.39, 0.29) is 22.5 Å². The number of fused-ring (bicyclic) bond motifs is 1. The minimum Gasteiger partial charge on any atom is -0.444 e. The van der Waals surface area contributed by atoms with Gasteiger partial charge in [0.15, 0.2) is 0 Å². The van der Waals surface area contributed by atoms with Crippen molar-refractivity contribution < 1.29 is 18.3 Å². The van der Waals surface area contributed by atoms with Gasteiger partial charge in [-0.25, -0.2) is 13.6 Å². The van der Waals surface area contributed by atoms with Gasteiger partial charge in [0, 0.05) is 49.7 Å². The molecule has 8 heteroatoms. The highest BCUT2D eigenvalue weighted by Gasteiger charge is 2.23. The molecule has 1 aromatic heterocycles. The monoisotopic (exact) mass is 407 g/mol. The molecular formula is C21H27F2N3O3. The van der Waals surface area contributed by atoms with E-state index in [0.29, 0.717) is 13.1 Å². The standard InChI is InChI=1S/C21H27F2N3O3/c1-21(2,3)29-20(28)24-15-6-8-25(9-7-15)10-11-26-18-13-14(22)12-17(23)16(18)4-5-19(26)27/h4-5,12-13,15H,6-11H2,1-3H3,(H,24,28). The maximum Gasteiger partial charge on any atom is 0.407 e. The number of likely N-dealkylation sites (tertiary alicyclic amines) is 1. The van der Waals surface area contributed by atoms with Crippen LogP contribution < -0.4 is 10.9 Å². The second-order valence-corrected chi connectivity index (χ2v) is 8.41. The van der Waals surface area contributed by atoms with Crippen LogP contribution in [0.5, 0.6) is 0 Å². The molecule has 3 rings (SSSR count). The summed E-state index contributed by atoms with van der Waals surface area (Å²) < 4.78 is 34.3. The first-order valence-electron chi connectivity index (χ1n) is 9.83. The van der Waals surface area contributed by atoms with Gasteiger partial charge in [0.25, 0.3) is 5.56 Å². The molecule has 0 saturated carbocycles. The van der Waals surface area contributed by atoms with E-state index in [9.17, 15) is 18.4 Å². The van der Waals surface area contributed by atoms with Gasteiger partial charge in [-0.05, 0) is 45.7 Å². The van der Waals surface area contributed by atoms with Crippen LogP contribution in [-0.2, 0) is 11.3 Å². The van der Waals surface area contributed by atoms with Crippen molar-refractivity contribution >= 4 is 17.0 Å². The maximum atomic E-state index is 14.0. The summed E-state index contributed by atoms with van der Waals surface area (Å²) in [5, 5.41) is 3.12. The predicted octanol–water partition coefficient (Wildman–Crippen LogP) is 3.27. The Morgan fingerprint density at radius 1 is 1.17 bits per heavy atom. The molecule has 1 aromatic carbocycles. The lowest BCUT2D eigenvalue weighted by molar-refractivity contribution is 0.0478. The van der Waals surface area contributed by atoms with E-state index in [1.807, 2.05) is 20.8 Å². The molecule has 6 nitrogen and oxygen atoms in total. The van der Waals surface area contributed by atoms with Crippen LogP contribution in [0.25, 0.3) is 10.9 Å². The first kappa shape index (κ1) is 21.2. The first-order valence-corrected chi connectivity index (χ1v) is 9.83. The van der Waals surface area contributed by atoms with Gasteiger partial charge in [-0.3, -0.25) is 4.79 Å². The van der Waals surface area contributed by atoms with Crippen LogP contribution in [0.3, 0.4) is 0 Å². The highest BCUT2D eigenvalue weighted by Crippen LogP contribution is 2.19. The Kier molecular flexibility index (Phi) is 6.21. The molecule has 0 spiro atoms. The van der Waals surface area contributed by atoms with Crippen molar-refractivity contribution in [3.63, 3.8) is 0 Å². The summed E-state index contributed by atoms with van der Waals surface area (Å²) in [4.78, 5) is 26.3. The summed E-state index contributed by atoms with van der Waals surface area (Å²) in [6.45, 7) is 7.89. The number of alkyl carbamates (subject to hydrolysis) is 1. The Bertz CT molecular complexity index is 945. The number of aromatic nitrogens is 1. The predicted molar refractivity (Wildman–Crippen MR) is 107 cm³/mol. The van der Waals surface area contributed by atoms with Gasteiger partial charge >= 0.3 is 6.09 Å². The third kappa shape index (κ3) is 5.53. The number of hydrogen-bond donors (Lipinski definition) is 1. The van der Waals surface area contributed by atoms with Crippen molar-refractivity contribution in [1.82, 2.24) is 14.8 Å². The van der Waals surface area contributed by atoms with Crippen molar-refractivity contribution in [2.75, 3.05) is 19.6 Å². The zero-order chi connectivity index (χ0) is 21.2. The molecule has 1 fully saturated rings. The Morgan fingerprint density at radius 3 is 2.52 bits per heavy atom. The van der Waals surface area contributed by atoms with E-state index >= 15 is 0 Å². The summed E-state index contributed by atoms with van der Waals surface area (Å²) in [5.74, 6) is -1.38. The van der Waals surface area contributed by atoms with Crippen molar-refractivity contribution in [3.8, 4) is 0 Å². The second-order valence-electron chi connectivity index (χ2n) is 8.41. The number of carbonyl (C=O) groups excluding carboxylic acids is 1. The van der Waals surface area contributed by atoms with Gasteiger partial charge in [-0.15, -0.1) is 0 Å². The number of amides is 1. The van der Waals surface area contributed by atoms with Crippen LogP contribution >= 0.6 is 0 Å². The number of rotatable bonds is 4. The molecule has 0 atom stereocenters. The molecule has 1 aliphatic rings. The Labute approximate surface area is 168 Å². The molecule has 29 heavy (non-hydrogen) atoms. The summed E-state index contributed by atoms with van der Waals surface area (Å²) in [6.07, 6.45) is 1.13. The van der Waals surface area contributed by atoms with Crippen LogP contribution in [0.4, 0.5) is 13.6 Å². The number of pyridine rings is 1. The zero-order valence-electron chi connectivity index (χ0n) is 17.0. The van der Waals surface area contributed by atoms with Gasteiger partial charge in [-0.2, -0.15) is 0 Å². The number of hydrogen-bond acceptors (Lipinski definition) is 4. The minimum absolute atomic E-state index is 0.0459. The lowest BCUT2D eigenvalue weighted by atomic mass is 10.1. The molecule has 1 N–H and O–H groups in total. The average Bonchev–Trinajstić information content (AvgIpc) is 2.60. The Morgan fingerprint density at radius 2 is 1.86 bits per heavy atom. The molecule has 1 saturated heterocycles. The third-order valence-corrected chi connectivity index (χ3v) is 4.97. The van der Waals surface area contributed by atoms with Gasteiger partial charge in [-0.1, -0.05) is 0 Å². The van der Waals surface area contributed by atoms with Crippen molar-refractivity contribution in [3.05, 3.63) is 46.3 Å². The van der Waals surface area contributed by atoms with E-state index in [1.165, 1.54) is 22.8 Å². The van der Waals surface area contributed by atoms with E-state index in [4.69, 9.17) is 4.74 Å². The lowest BCUT2D eigenvalue weighted by Crippen LogP contribution is -2.46. The molecule has 1 amide bonds. The largest absolute Gasteiger partial charge is 0.444 e. The summed E-state index contributed by atoms with van der Waals surface area (Å²) in [6, 6.07) is 4.75. The van der Waals surface area contributed by atoms with E-state index in [0.717, 1.165) is 32.0 Å². The molecule has 0 aliphatic carbocycles. The zero-order valence-corrected chi connectivity index (χ0v) is 17.0. The minimum atomic E-state index is -0.705. The molecule has 2 aromatic rings. The molecule has 2 heterocycles. The number of ether oxygens (including phenoxy) is 1. The fraction of sp³-hybridized carbons (Fsp3) is 0.524. The summed E-state index contributed by atoms with van der Waals surface area (Å²) >= 11 is 0. The first-order chi connectivity index (χ1) is 13.6. The number of piperidine rings is 1. The van der Waals surface area contributed by atoms with Crippen LogP contribution in [0.1, 0.15) is 33.6 Å². The molecule has 1 aliphatic heterocycles. The second kappa shape index (κ2) is 8.49. The van der Waals surface area contributed by atoms with Gasteiger partial charge in [0.2, 0.25) is 0 Å². The van der Waals surface area contributed by atoms with E-state index in [2.05, 4.69) is 10.2 Å². The SMILES string of the molecule is CC(C)(C)OC(=O)NC1CCN(CCn2c(=O)ccc3c(F)cc(F)cc32)CC1. The summed E-state index contributed by atoms with van der Waals surface area (Å²) in [5.41, 5.74) is -0.560. The molecule has 0 bridgehead atoms. The van der Waals surface area contributed by atoms with Crippen molar-refractivity contribution in [2.45, 2.75) is 51.8 Å². The van der Waals surface area contributed by atoms with Crippen LogP contribution in [0.2, 0.25) is 0 Å². The lowest BCUT2D eigenvalue weighted by Gasteiger charge is -2.33. The van der Waals surface area contributed by atoms with Crippen LogP contribution in [0, 0.1) is 11.6 Å². The third-order valence-electron chi connectivity index (χ3n) is 4.97. The number of carbonyl (C=O) groups is 1. The van der Waals surface area contributed by atoms with Crippen LogP contribution in [-0.4, -0.2) is 46.8 Å². The van der Waals surface area contributed by atoms with Gasteiger partial charge in [0.1, 0.15) is 17.2 Å². The molecule has 158 valence electrons. The van der Waals surface area contributed by atoms with E-state index in [1.54, 1.807) is 0 Å². The van der Waals surface area contributed by atoms with Gasteiger partial charge < -0.3 is 19.5 Å². The quantitative estimate of drug-likeness (QED) is 0.845. The Hall–Kier alpha value is -2.48. The maximum absolute atomic E-state index is 14.0. The normalized spacial score (nSPS) is 16.2. The fourth-order valence-corrected chi connectivity index (χ4v) is 3.57. The summed E-state index contributed by atoms with van der Waals surface area (Å²) in [7, 11) is 0. The number of halogens is 2. The topological polar surface area (TPSA) is 63.6 Å². The van der Waals surface area contributed by atoms with E-state index < -0.39 is 23.3 Å². The highest BCUT2D eigenvalue weighted by atomic mass is 19.1. The van der Waals surface area contributed by atoms with Crippen molar-refractivity contribution in [1.29, 1.82) is 0 Å².